The van der Waals surface area contributed by atoms with Gasteiger partial charge in [0.1, 0.15) is 16.9 Å². The van der Waals surface area contributed by atoms with Gasteiger partial charge < -0.3 is 9.15 Å². The van der Waals surface area contributed by atoms with E-state index >= 15 is 0 Å². The second-order valence-electron chi connectivity index (χ2n) is 5.52. The molecule has 0 aliphatic heterocycles. The number of aryl methyl sites for hydroxylation is 1. The number of rotatable bonds is 3. The third-order valence-electron chi connectivity index (χ3n) is 3.86. The fourth-order valence-electron chi connectivity index (χ4n) is 2.48. The minimum Gasteiger partial charge on any atom is -0.497 e. The minimum absolute atomic E-state index is 0.168. The summed E-state index contributed by atoms with van der Waals surface area (Å²) in [6.07, 6.45) is 2.79. The van der Waals surface area contributed by atoms with Crippen LogP contribution in [0.1, 0.15) is 26.3 Å². The Balaban J connectivity index is 2.03. The highest BCUT2D eigenvalue weighted by Crippen LogP contribution is 2.24. The van der Waals surface area contributed by atoms with Crippen molar-refractivity contribution < 1.29 is 18.7 Å². The van der Waals surface area contributed by atoms with E-state index in [4.69, 9.17) is 15.0 Å². The van der Waals surface area contributed by atoms with E-state index in [1.807, 2.05) is 0 Å². The molecule has 0 radical (unpaired) electrons. The molecule has 8 heteroatoms. The van der Waals surface area contributed by atoms with E-state index in [9.17, 15) is 14.4 Å². The molecule has 0 saturated carbocycles. The molecular weight excluding hydrogens is 338 g/mol. The number of ether oxygens (including phenoxy) is 1. The molecule has 2 aromatic heterocycles. The molecule has 1 aromatic carbocycles. The van der Waals surface area contributed by atoms with Crippen LogP contribution in [0.25, 0.3) is 11.0 Å². The fourth-order valence-corrected chi connectivity index (χ4v) is 2.48. The number of aromatic nitrogens is 1. The average Bonchev–Trinajstić information content (AvgIpc) is 2.66. The van der Waals surface area contributed by atoms with Gasteiger partial charge in [-0.05, 0) is 36.8 Å². The van der Waals surface area contributed by atoms with Crippen molar-refractivity contribution in [3.63, 3.8) is 0 Å². The normalized spacial score (nSPS) is 10.6. The molecule has 0 atom stereocenters. The lowest BCUT2D eigenvalue weighted by atomic mass is 10.1. The third kappa shape index (κ3) is 3.05. The molecule has 3 rings (SSSR count). The van der Waals surface area contributed by atoms with E-state index < -0.39 is 17.4 Å². The molecule has 0 aliphatic rings. The maximum atomic E-state index is 12.5. The predicted molar refractivity (Wildman–Crippen MR) is 92.7 cm³/mol. The molecule has 8 nitrogen and oxygen atoms in total. The lowest BCUT2D eigenvalue weighted by Crippen LogP contribution is -2.44. The Morgan fingerprint density at radius 2 is 1.85 bits per heavy atom. The van der Waals surface area contributed by atoms with Gasteiger partial charge in [0.05, 0.1) is 7.11 Å². The summed E-state index contributed by atoms with van der Waals surface area (Å²) in [5.74, 6) is 4.43. The number of benzene rings is 1. The highest BCUT2D eigenvalue weighted by Gasteiger charge is 2.25. The van der Waals surface area contributed by atoms with Crippen molar-refractivity contribution in [3.05, 3.63) is 69.8 Å². The molecule has 0 saturated heterocycles. The summed E-state index contributed by atoms with van der Waals surface area (Å²) in [7, 11) is 1.49. The van der Waals surface area contributed by atoms with Gasteiger partial charge in [-0.1, -0.05) is 0 Å². The number of hydrogen-bond donors (Lipinski definition) is 1. The van der Waals surface area contributed by atoms with Crippen LogP contribution in [0.15, 0.2) is 51.9 Å². The highest BCUT2D eigenvalue weighted by atomic mass is 16.5. The zero-order chi connectivity index (χ0) is 18.8. The smallest absolute Gasteiger partial charge is 0.349 e. The van der Waals surface area contributed by atoms with Gasteiger partial charge in [-0.25, -0.2) is 15.6 Å². The van der Waals surface area contributed by atoms with Crippen molar-refractivity contribution in [1.29, 1.82) is 0 Å². The maximum absolute atomic E-state index is 12.5. The van der Waals surface area contributed by atoms with Gasteiger partial charge in [-0.3, -0.25) is 14.6 Å². The Labute approximate surface area is 147 Å². The van der Waals surface area contributed by atoms with Gasteiger partial charge in [-0.15, -0.1) is 0 Å². The molecule has 26 heavy (non-hydrogen) atoms. The number of pyridine rings is 1. The van der Waals surface area contributed by atoms with Crippen LogP contribution in [0.3, 0.4) is 0 Å². The van der Waals surface area contributed by atoms with Crippen LogP contribution < -0.4 is 16.2 Å². The monoisotopic (exact) mass is 353 g/mol. The number of nitrogens with two attached hydrogens (primary N) is 1. The van der Waals surface area contributed by atoms with Gasteiger partial charge in [0.25, 0.3) is 11.8 Å². The number of imide groups is 1. The molecule has 0 aliphatic carbocycles. The minimum atomic E-state index is -0.960. The van der Waals surface area contributed by atoms with Gasteiger partial charge in [-0.2, -0.15) is 0 Å². The van der Waals surface area contributed by atoms with Gasteiger partial charge in [0.2, 0.25) is 0 Å². The SMILES string of the molecule is COc1cc(C)c2cc(C(=O)N(N)C(=O)c3ccncc3)c(=O)oc2c1. The maximum Gasteiger partial charge on any atom is 0.349 e. The first-order valence-electron chi connectivity index (χ1n) is 7.58. The van der Waals surface area contributed by atoms with Crippen LogP contribution >= 0.6 is 0 Å². The lowest BCUT2D eigenvalue weighted by Gasteiger charge is -2.14. The van der Waals surface area contributed by atoms with Crippen molar-refractivity contribution in [1.82, 2.24) is 9.99 Å². The van der Waals surface area contributed by atoms with E-state index in [0.717, 1.165) is 5.56 Å². The number of hydrogen-bond acceptors (Lipinski definition) is 7. The van der Waals surface area contributed by atoms with Crippen molar-refractivity contribution in [2.45, 2.75) is 6.92 Å². The van der Waals surface area contributed by atoms with Gasteiger partial charge in [0.15, 0.2) is 0 Å². The van der Waals surface area contributed by atoms with Crippen LogP contribution in [0, 0.1) is 6.92 Å². The first kappa shape index (κ1) is 17.3. The van der Waals surface area contributed by atoms with Crippen molar-refractivity contribution >= 4 is 22.8 Å². The van der Waals surface area contributed by atoms with Crippen molar-refractivity contribution in [2.75, 3.05) is 7.11 Å². The Morgan fingerprint density at radius 3 is 2.50 bits per heavy atom. The molecule has 3 aromatic rings. The van der Waals surface area contributed by atoms with E-state index in [1.54, 1.807) is 19.1 Å². The summed E-state index contributed by atoms with van der Waals surface area (Å²) in [6.45, 7) is 1.78. The molecule has 0 spiro atoms. The summed E-state index contributed by atoms with van der Waals surface area (Å²) < 4.78 is 10.3. The number of nitrogens with zero attached hydrogens (tertiary/aromatic N) is 2. The number of hydrazine groups is 1. The molecule has 2 amide bonds. The molecule has 132 valence electrons. The van der Waals surface area contributed by atoms with E-state index in [1.165, 1.54) is 37.7 Å². The molecule has 0 fully saturated rings. The largest absolute Gasteiger partial charge is 0.497 e. The average molecular weight is 353 g/mol. The van der Waals surface area contributed by atoms with E-state index in [2.05, 4.69) is 4.98 Å². The van der Waals surface area contributed by atoms with Crippen LogP contribution in [0.4, 0.5) is 0 Å². The number of methoxy groups -OCH3 is 1. The molecular formula is C18H15N3O5. The molecule has 2 N–H and O–H groups in total. The summed E-state index contributed by atoms with van der Waals surface area (Å²) in [6, 6.07) is 7.46. The Kier molecular flexibility index (Phi) is 4.51. The standard InChI is InChI=1S/C18H15N3O5/c1-10-7-12(25-2)8-15-13(10)9-14(18(24)26-15)17(23)21(19)16(22)11-3-5-20-6-4-11/h3-9H,19H2,1-2H3. The first-order chi connectivity index (χ1) is 12.4. The molecule has 0 unspecified atom stereocenters. The van der Waals surface area contributed by atoms with Crippen molar-refractivity contribution in [2.24, 2.45) is 5.84 Å². The van der Waals surface area contributed by atoms with Gasteiger partial charge >= 0.3 is 5.63 Å². The Hall–Kier alpha value is -3.52. The summed E-state index contributed by atoms with van der Waals surface area (Å²) in [5, 5.41) is 0.922. The van der Waals surface area contributed by atoms with Gasteiger partial charge in [0, 0.05) is 29.4 Å². The van der Waals surface area contributed by atoms with E-state index in [0.29, 0.717) is 16.1 Å². The van der Waals surface area contributed by atoms with Crippen LogP contribution in [-0.4, -0.2) is 28.9 Å². The van der Waals surface area contributed by atoms with Crippen LogP contribution in [0.2, 0.25) is 0 Å². The fraction of sp³-hybridized carbons (Fsp3) is 0.111. The Bertz CT molecular complexity index is 1060. The number of carbonyl (C=O) groups excluding carboxylic acids is 2. The number of carbonyl (C=O) groups is 2. The third-order valence-corrected chi connectivity index (χ3v) is 3.86. The van der Waals surface area contributed by atoms with E-state index in [-0.39, 0.29) is 16.7 Å². The second-order valence-corrected chi connectivity index (χ2v) is 5.52. The van der Waals surface area contributed by atoms with Crippen molar-refractivity contribution in [3.8, 4) is 5.75 Å². The second kappa shape index (κ2) is 6.77. The summed E-state index contributed by atoms with van der Waals surface area (Å²) >= 11 is 0. The number of fused-ring (bicyclic) bond motifs is 1. The molecule has 0 bridgehead atoms. The first-order valence-corrected chi connectivity index (χ1v) is 7.58. The topological polar surface area (TPSA) is 116 Å². The summed E-state index contributed by atoms with van der Waals surface area (Å²) in [4.78, 5) is 40.8. The Morgan fingerprint density at radius 1 is 1.15 bits per heavy atom. The lowest BCUT2D eigenvalue weighted by molar-refractivity contribution is 0.0613. The highest BCUT2D eigenvalue weighted by molar-refractivity contribution is 6.10. The van der Waals surface area contributed by atoms with Crippen LogP contribution in [0.5, 0.6) is 5.75 Å². The quantitative estimate of drug-likeness (QED) is 0.250. The predicted octanol–water partition coefficient (Wildman–Crippen LogP) is 1.66. The zero-order valence-corrected chi connectivity index (χ0v) is 14.1. The van der Waals surface area contributed by atoms with Crippen LogP contribution in [-0.2, 0) is 0 Å². The molecule has 2 heterocycles. The summed E-state index contributed by atoms with van der Waals surface area (Å²) in [5.41, 5.74) is -0.0561. The zero-order valence-electron chi connectivity index (χ0n) is 14.1. The number of amides is 2.